The Balaban J connectivity index is 0.994. The predicted molar refractivity (Wildman–Crippen MR) is 220 cm³/mol. The summed E-state index contributed by atoms with van der Waals surface area (Å²) in [5.74, 6) is 0.817. The van der Waals surface area contributed by atoms with Crippen molar-refractivity contribution < 1.29 is 8.83 Å². The highest BCUT2D eigenvalue weighted by Gasteiger charge is 2.29. The van der Waals surface area contributed by atoms with Gasteiger partial charge >= 0.3 is 0 Å². The Bertz CT molecular complexity index is 3190. The van der Waals surface area contributed by atoms with Crippen molar-refractivity contribution >= 4 is 60.5 Å². The lowest BCUT2D eigenvalue weighted by atomic mass is 9.94. The lowest BCUT2D eigenvalue weighted by molar-refractivity contribution is 0.410. The number of hydrogen-bond acceptors (Lipinski definition) is 5. The predicted octanol–water partition coefficient (Wildman–Crippen LogP) is 12.3. The molecular formula is C49H31N3O2. The van der Waals surface area contributed by atoms with Crippen molar-refractivity contribution in [2.75, 3.05) is 0 Å². The Hall–Kier alpha value is -6.95. The van der Waals surface area contributed by atoms with E-state index in [2.05, 4.69) is 144 Å². The molecule has 2 aliphatic rings. The van der Waals surface area contributed by atoms with E-state index in [4.69, 9.17) is 13.8 Å². The van der Waals surface area contributed by atoms with Gasteiger partial charge in [0, 0.05) is 27.1 Å². The summed E-state index contributed by atoms with van der Waals surface area (Å²) in [7, 11) is 0. The van der Waals surface area contributed by atoms with E-state index < -0.39 is 0 Å². The number of rotatable bonds is 4. The number of aliphatic imine (C=N–C) groups is 1. The van der Waals surface area contributed by atoms with Crippen LogP contribution in [0.1, 0.15) is 29.0 Å². The Kier molecular flexibility index (Phi) is 6.18. The molecule has 10 aromatic rings. The second-order valence-electron chi connectivity index (χ2n) is 14.3. The van der Waals surface area contributed by atoms with Crippen LogP contribution in [-0.4, -0.2) is 5.84 Å². The van der Waals surface area contributed by atoms with E-state index in [-0.39, 0.29) is 12.3 Å². The van der Waals surface area contributed by atoms with Crippen LogP contribution in [-0.2, 0) is 0 Å². The summed E-state index contributed by atoms with van der Waals surface area (Å²) < 4.78 is 13.0. The molecule has 12 rings (SSSR count). The number of benzene rings is 8. The van der Waals surface area contributed by atoms with Crippen LogP contribution in [0.15, 0.2) is 178 Å². The summed E-state index contributed by atoms with van der Waals surface area (Å²) in [5, 5.41) is 14.6. The van der Waals surface area contributed by atoms with Gasteiger partial charge < -0.3 is 14.2 Å². The number of para-hydroxylation sites is 1. The molecule has 5 nitrogen and oxygen atoms in total. The van der Waals surface area contributed by atoms with Crippen LogP contribution in [0.3, 0.4) is 0 Å². The van der Waals surface area contributed by atoms with Crippen molar-refractivity contribution in [1.29, 1.82) is 0 Å². The molecule has 254 valence electrons. The number of fused-ring (bicyclic) bond motifs is 10. The van der Waals surface area contributed by atoms with Crippen LogP contribution in [0.4, 0.5) is 0 Å². The lowest BCUT2D eigenvalue weighted by Gasteiger charge is -2.33. The van der Waals surface area contributed by atoms with Crippen molar-refractivity contribution in [3.8, 4) is 33.4 Å². The first-order valence-electron chi connectivity index (χ1n) is 18.4. The number of nitrogens with zero attached hydrogens (tertiary/aromatic N) is 1. The van der Waals surface area contributed by atoms with Gasteiger partial charge in [0.05, 0.1) is 0 Å². The molecule has 5 heteroatoms. The van der Waals surface area contributed by atoms with Crippen LogP contribution >= 0.6 is 0 Å². The maximum Gasteiger partial charge on any atom is 0.136 e. The summed E-state index contributed by atoms with van der Waals surface area (Å²) in [5.41, 5.74) is 14.0. The second kappa shape index (κ2) is 11.3. The zero-order valence-electron chi connectivity index (χ0n) is 29.0. The Labute approximate surface area is 310 Å². The van der Waals surface area contributed by atoms with Crippen LogP contribution in [0.5, 0.6) is 0 Å². The maximum atomic E-state index is 6.75. The third kappa shape index (κ3) is 4.27. The van der Waals surface area contributed by atoms with E-state index in [0.29, 0.717) is 0 Å². The molecule has 0 radical (unpaired) electrons. The zero-order valence-corrected chi connectivity index (χ0v) is 29.0. The van der Waals surface area contributed by atoms with Gasteiger partial charge in [0.15, 0.2) is 0 Å². The van der Waals surface area contributed by atoms with Crippen molar-refractivity contribution in [3.63, 3.8) is 0 Å². The molecule has 2 unspecified atom stereocenters. The van der Waals surface area contributed by atoms with Gasteiger partial charge in [-0.2, -0.15) is 0 Å². The lowest BCUT2D eigenvalue weighted by Crippen LogP contribution is -2.45. The SMILES string of the molecule is c1ccc(C2N=C(c3cccc4oc5ccccc5c34)NC(c3ccccc3-c3ccc4c(c3)oc3cc5c6c(cccc6c34)-c3ccccc3-5)N2)cc1. The van der Waals surface area contributed by atoms with Crippen molar-refractivity contribution in [2.24, 2.45) is 4.99 Å². The summed E-state index contributed by atoms with van der Waals surface area (Å²) >= 11 is 0. The molecule has 1 aliphatic heterocycles. The molecule has 1 aliphatic carbocycles. The highest BCUT2D eigenvalue weighted by atomic mass is 16.3. The van der Waals surface area contributed by atoms with Gasteiger partial charge in [0.2, 0.25) is 0 Å². The Morgan fingerprint density at radius 1 is 0.426 bits per heavy atom. The molecule has 0 saturated heterocycles. The normalized spacial score (nSPS) is 16.3. The quantitative estimate of drug-likeness (QED) is 0.193. The average molecular weight is 694 g/mol. The van der Waals surface area contributed by atoms with Gasteiger partial charge in [0.25, 0.3) is 0 Å². The van der Waals surface area contributed by atoms with Crippen molar-refractivity contribution in [1.82, 2.24) is 10.6 Å². The van der Waals surface area contributed by atoms with Crippen molar-refractivity contribution in [3.05, 3.63) is 180 Å². The monoisotopic (exact) mass is 693 g/mol. The minimum absolute atomic E-state index is 0.249. The standard InChI is InChI=1S/C49H31N3O2/c1-2-12-28(13-3-1)47-50-48(52-49(51-47)38-21-11-23-41-46(38)35-18-8-9-22-40(35)53-41)34-17-7-4-14-30(34)29-24-25-36-42(26-29)54-43-27-39-32-16-6-5-15-31(32)33-19-10-20-37(44(33)39)45(36)43/h1-27,47-48,50H,(H,51,52). The highest BCUT2D eigenvalue weighted by Crippen LogP contribution is 2.51. The third-order valence-corrected chi connectivity index (χ3v) is 11.3. The average Bonchev–Trinajstić information content (AvgIpc) is 3.91. The highest BCUT2D eigenvalue weighted by molar-refractivity contribution is 6.28. The van der Waals surface area contributed by atoms with E-state index in [1.54, 1.807) is 0 Å². The van der Waals surface area contributed by atoms with Gasteiger partial charge in [-0.15, -0.1) is 0 Å². The molecule has 2 aromatic heterocycles. The van der Waals surface area contributed by atoms with Gasteiger partial charge in [-0.25, -0.2) is 4.99 Å². The Morgan fingerprint density at radius 2 is 1.09 bits per heavy atom. The molecule has 54 heavy (non-hydrogen) atoms. The Morgan fingerprint density at radius 3 is 2.00 bits per heavy atom. The third-order valence-electron chi connectivity index (χ3n) is 11.3. The second-order valence-corrected chi connectivity index (χ2v) is 14.3. The molecule has 3 heterocycles. The zero-order chi connectivity index (χ0) is 35.3. The minimum atomic E-state index is -0.275. The molecule has 0 bridgehead atoms. The van der Waals surface area contributed by atoms with Crippen LogP contribution in [0.2, 0.25) is 0 Å². The van der Waals surface area contributed by atoms with Gasteiger partial charge in [-0.1, -0.05) is 133 Å². The van der Waals surface area contributed by atoms with Crippen molar-refractivity contribution in [2.45, 2.75) is 12.3 Å². The van der Waals surface area contributed by atoms with E-state index in [1.165, 1.54) is 38.4 Å². The summed E-state index contributed by atoms with van der Waals surface area (Å²) in [6, 6.07) is 57.7. The molecular weight excluding hydrogens is 663 g/mol. The molecule has 0 spiro atoms. The van der Waals surface area contributed by atoms with Gasteiger partial charge in [-0.3, -0.25) is 5.32 Å². The maximum absolute atomic E-state index is 6.75. The fourth-order valence-corrected chi connectivity index (χ4v) is 8.95. The smallest absolute Gasteiger partial charge is 0.136 e. The van der Waals surface area contributed by atoms with E-state index in [1.807, 2.05) is 30.3 Å². The largest absolute Gasteiger partial charge is 0.456 e. The van der Waals surface area contributed by atoms with Crippen LogP contribution in [0.25, 0.3) is 88.0 Å². The van der Waals surface area contributed by atoms with E-state index in [9.17, 15) is 0 Å². The summed E-state index contributed by atoms with van der Waals surface area (Å²) in [6.45, 7) is 0. The fourth-order valence-electron chi connectivity index (χ4n) is 8.95. The van der Waals surface area contributed by atoms with Gasteiger partial charge in [0.1, 0.15) is 40.5 Å². The van der Waals surface area contributed by atoms with Gasteiger partial charge in [-0.05, 0) is 85.6 Å². The van der Waals surface area contributed by atoms with E-state index in [0.717, 1.165) is 72.1 Å². The molecule has 0 saturated carbocycles. The molecule has 2 N–H and O–H groups in total. The van der Waals surface area contributed by atoms with Crippen LogP contribution < -0.4 is 10.6 Å². The number of hydrogen-bond donors (Lipinski definition) is 2. The molecule has 0 fully saturated rings. The first-order chi connectivity index (χ1) is 26.8. The molecule has 0 amide bonds. The first kappa shape index (κ1) is 29.6. The summed E-state index contributed by atoms with van der Waals surface area (Å²) in [4.78, 5) is 5.30. The minimum Gasteiger partial charge on any atom is -0.456 e. The molecule has 8 aromatic carbocycles. The first-order valence-corrected chi connectivity index (χ1v) is 18.4. The summed E-state index contributed by atoms with van der Waals surface area (Å²) in [6.07, 6.45) is -0.524. The van der Waals surface area contributed by atoms with Crippen LogP contribution in [0, 0.1) is 0 Å². The topological polar surface area (TPSA) is 62.7 Å². The number of furan rings is 2. The number of nitrogens with one attached hydrogen (secondary N) is 2. The fraction of sp³-hybridized carbons (Fsp3) is 0.0408. The molecule has 2 atom stereocenters. The van der Waals surface area contributed by atoms with E-state index >= 15 is 0 Å². The number of amidine groups is 1.